The number of benzene rings is 3. The van der Waals surface area contributed by atoms with Crippen LogP contribution in [-0.4, -0.2) is 54.8 Å². The van der Waals surface area contributed by atoms with Crippen LogP contribution < -0.4 is 9.47 Å². The van der Waals surface area contributed by atoms with Crippen LogP contribution >= 0.6 is 11.6 Å². The van der Waals surface area contributed by atoms with Crippen molar-refractivity contribution in [2.24, 2.45) is 4.99 Å². The number of hydrogen-bond donors (Lipinski definition) is 0. The molecule has 5 rings (SSSR count). The monoisotopic (exact) mass is 461 g/mol. The molecule has 0 aromatic heterocycles. The lowest BCUT2D eigenvalue weighted by Crippen LogP contribution is -2.50. The number of amidine groups is 1. The molecule has 0 atom stereocenters. The summed E-state index contributed by atoms with van der Waals surface area (Å²) in [5, 5.41) is 0.475. The first kappa shape index (κ1) is 21.3. The number of piperazine rings is 1. The Kier molecular flexibility index (Phi) is 5.68. The van der Waals surface area contributed by atoms with Crippen LogP contribution in [0.5, 0.6) is 17.2 Å². The minimum atomic E-state index is -0.0470. The van der Waals surface area contributed by atoms with Crippen LogP contribution in [0.4, 0.5) is 5.69 Å². The van der Waals surface area contributed by atoms with E-state index >= 15 is 0 Å². The van der Waals surface area contributed by atoms with Crippen LogP contribution in [-0.2, 0) is 0 Å². The average molecular weight is 462 g/mol. The number of hydrogen-bond acceptors (Lipinski definition) is 5. The maximum atomic E-state index is 13.0. The van der Waals surface area contributed by atoms with Gasteiger partial charge in [0.15, 0.2) is 5.75 Å². The molecular weight excluding hydrogens is 438 g/mol. The van der Waals surface area contributed by atoms with Gasteiger partial charge in [-0.25, -0.2) is 4.99 Å². The van der Waals surface area contributed by atoms with Gasteiger partial charge in [0, 0.05) is 26.2 Å². The smallest absolute Gasteiger partial charge is 0.255 e. The highest BCUT2D eigenvalue weighted by Crippen LogP contribution is 2.40. The van der Waals surface area contributed by atoms with E-state index in [-0.39, 0.29) is 5.91 Å². The predicted molar refractivity (Wildman–Crippen MR) is 129 cm³/mol. The molecule has 7 heteroatoms. The Morgan fingerprint density at radius 3 is 2.55 bits per heavy atom. The molecule has 2 aliphatic heterocycles. The molecule has 6 nitrogen and oxygen atoms in total. The summed E-state index contributed by atoms with van der Waals surface area (Å²) < 4.78 is 11.7. The van der Waals surface area contributed by atoms with Gasteiger partial charge in [0.2, 0.25) is 0 Å². The van der Waals surface area contributed by atoms with E-state index < -0.39 is 0 Å². The molecule has 3 aromatic rings. The van der Waals surface area contributed by atoms with Gasteiger partial charge in [0.25, 0.3) is 5.91 Å². The Morgan fingerprint density at radius 2 is 1.79 bits per heavy atom. The Bertz CT molecular complexity index is 1250. The van der Waals surface area contributed by atoms with E-state index in [1.807, 2.05) is 60.4 Å². The molecule has 0 radical (unpaired) electrons. The third kappa shape index (κ3) is 4.14. The number of ether oxygens (including phenoxy) is 2. The molecule has 33 heavy (non-hydrogen) atoms. The molecule has 2 heterocycles. The molecule has 3 aromatic carbocycles. The molecule has 0 aliphatic carbocycles. The number of halogens is 1. The van der Waals surface area contributed by atoms with Crippen LogP contribution in [0.15, 0.2) is 65.7 Å². The lowest BCUT2D eigenvalue weighted by atomic mass is 10.1. The summed E-state index contributed by atoms with van der Waals surface area (Å²) in [4.78, 5) is 22.0. The van der Waals surface area contributed by atoms with E-state index in [0.717, 1.165) is 39.9 Å². The number of carbonyl (C=O) groups is 1. The van der Waals surface area contributed by atoms with Crippen molar-refractivity contribution in [3.8, 4) is 17.2 Å². The molecule has 1 amide bonds. The molecule has 2 aliphatic rings. The lowest BCUT2D eigenvalue weighted by Gasteiger charge is -2.36. The Labute approximate surface area is 198 Å². The molecule has 0 N–H and O–H groups in total. The van der Waals surface area contributed by atoms with Crippen LogP contribution in [0, 0.1) is 6.92 Å². The number of nitrogens with zero attached hydrogens (tertiary/aromatic N) is 3. The minimum Gasteiger partial charge on any atom is -0.497 e. The van der Waals surface area contributed by atoms with Crippen LogP contribution in [0.2, 0.25) is 5.02 Å². The van der Waals surface area contributed by atoms with E-state index in [2.05, 4.69) is 4.90 Å². The summed E-state index contributed by atoms with van der Waals surface area (Å²) in [6.07, 6.45) is 0. The number of rotatable bonds is 2. The van der Waals surface area contributed by atoms with E-state index in [1.54, 1.807) is 19.2 Å². The maximum Gasteiger partial charge on any atom is 0.255 e. The third-order valence-electron chi connectivity index (χ3n) is 5.96. The highest BCUT2D eigenvalue weighted by Gasteiger charge is 2.29. The SMILES string of the molecule is COc1ccc2c(c1)C(N1CCN(C(=O)c3ccccc3Cl)CC1)=Nc1ccc(C)cc1O2. The van der Waals surface area contributed by atoms with Crippen molar-refractivity contribution < 1.29 is 14.3 Å². The molecule has 1 fully saturated rings. The fourth-order valence-corrected chi connectivity index (χ4v) is 4.37. The number of fused-ring (bicyclic) bond motifs is 2. The fourth-order valence-electron chi connectivity index (χ4n) is 4.16. The Hall–Kier alpha value is -3.51. The van der Waals surface area contributed by atoms with E-state index in [1.165, 1.54) is 0 Å². The number of carbonyl (C=O) groups excluding carboxylic acids is 1. The van der Waals surface area contributed by atoms with Crippen molar-refractivity contribution in [3.63, 3.8) is 0 Å². The summed E-state index contributed by atoms with van der Waals surface area (Å²) >= 11 is 6.25. The van der Waals surface area contributed by atoms with Crippen LogP contribution in [0.3, 0.4) is 0 Å². The molecule has 1 saturated heterocycles. The number of amides is 1. The lowest BCUT2D eigenvalue weighted by molar-refractivity contribution is 0.0692. The van der Waals surface area contributed by atoms with Gasteiger partial charge in [-0.05, 0) is 55.0 Å². The standard InChI is InChI=1S/C26H24ClN3O3/c1-17-7-9-22-24(15-17)33-23-10-8-18(32-2)16-20(23)25(28-22)29-11-13-30(14-12-29)26(31)19-5-3-4-6-21(19)27/h3-10,15-16H,11-14H2,1-2H3. The van der Waals surface area contributed by atoms with Gasteiger partial charge >= 0.3 is 0 Å². The Morgan fingerprint density at radius 1 is 1.00 bits per heavy atom. The number of methoxy groups -OCH3 is 1. The van der Waals surface area contributed by atoms with E-state index in [4.69, 9.17) is 26.1 Å². The van der Waals surface area contributed by atoms with Gasteiger partial charge in [-0.2, -0.15) is 0 Å². The average Bonchev–Trinajstić information content (AvgIpc) is 3.00. The second kappa shape index (κ2) is 8.79. The molecule has 0 saturated carbocycles. The molecule has 0 unspecified atom stereocenters. The summed E-state index contributed by atoms with van der Waals surface area (Å²) in [6.45, 7) is 4.47. The Balaban J connectivity index is 1.45. The zero-order valence-corrected chi connectivity index (χ0v) is 19.3. The highest BCUT2D eigenvalue weighted by atomic mass is 35.5. The van der Waals surface area contributed by atoms with Crippen molar-refractivity contribution in [3.05, 3.63) is 82.4 Å². The summed E-state index contributed by atoms with van der Waals surface area (Å²) in [5.41, 5.74) is 3.29. The first-order chi connectivity index (χ1) is 16.0. The van der Waals surface area contributed by atoms with Crippen molar-refractivity contribution in [2.45, 2.75) is 6.92 Å². The largest absolute Gasteiger partial charge is 0.497 e. The summed E-state index contributed by atoms with van der Waals surface area (Å²) in [5.74, 6) is 2.96. The second-order valence-corrected chi connectivity index (χ2v) is 8.54. The van der Waals surface area contributed by atoms with Gasteiger partial charge in [0.05, 0.1) is 23.3 Å². The van der Waals surface area contributed by atoms with Gasteiger partial charge in [-0.1, -0.05) is 29.8 Å². The zero-order chi connectivity index (χ0) is 22.9. The van der Waals surface area contributed by atoms with Crippen LogP contribution in [0.25, 0.3) is 0 Å². The predicted octanol–water partition coefficient (Wildman–Crippen LogP) is 5.30. The number of aliphatic imine (C=N–C) groups is 1. The normalized spacial score (nSPS) is 15.1. The van der Waals surface area contributed by atoms with Crippen LogP contribution in [0.1, 0.15) is 21.5 Å². The maximum absolute atomic E-state index is 13.0. The van der Waals surface area contributed by atoms with Gasteiger partial charge in [-0.3, -0.25) is 4.79 Å². The van der Waals surface area contributed by atoms with E-state index in [9.17, 15) is 4.79 Å². The van der Waals surface area contributed by atoms with E-state index in [0.29, 0.717) is 36.8 Å². The topological polar surface area (TPSA) is 54.4 Å². The van der Waals surface area contributed by atoms with Crippen molar-refractivity contribution in [2.75, 3.05) is 33.3 Å². The fraction of sp³-hybridized carbons (Fsp3) is 0.231. The number of aryl methyl sites for hydroxylation is 1. The highest BCUT2D eigenvalue weighted by molar-refractivity contribution is 6.33. The molecule has 0 bridgehead atoms. The van der Waals surface area contributed by atoms with Gasteiger partial charge in [-0.15, -0.1) is 0 Å². The molecule has 168 valence electrons. The summed E-state index contributed by atoms with van der Waals surface area (Å²) in [7, 11) is 1.65. The van der Waals surface area contributed by atoms with Gasteiger partial charge in [0.1, 0.15) is 23.0 Å². The minimum absolute atomic E-state index is 0.0470. The van der Waals surface area contributed by atoms with Gasteiger partial charge < -0.3 is 19.3 Å². The third-order valence-corrected chi connectivity index (χ3v) is 6.29. The quantitative estimate of drug-likeness (QED) is 0.519. The molecular formula is C26H24ClN3O3. The van der Waals surface area contributed by atoms with Crippen molar-refractivity contribution in [1.82, 2.24) is 9.80 Å². The first-order valence-corrected chi connectivity index (χ1v) is 11.3. The summed E-state index contributed by atoms with van der Waals surface area (Å²) in [6, 6.07) is 18.9. The molecule has 0 spiro atoms. The first-order valence-electron chi connectivity index (χ1n) is 10.9. The zero-order valence-electron chi connectivity index (χ0n) is 18.5. The van der Waals surface area contributed by atoms with Crippen molar-refractivity contribution in [1.29, 1.82) is 0 Å². The van der Waals surface area contributed by atoms with Crippen molar-refractivity contribution >= 4 is 29.0 Å². The second-order valence-electron chi connectivity index (χ2n) is 8.13.